The Morgan fingerprint density at radius 2 is 2.10 bits per heavy atom. The van der Waals surface area contributed by atoms with Crippen molar-refractivity contribution in [1.82, 2.24) is 4.90 Å². The number of carbonyl (C=O) groups excluding carboxylic acids is 1. The Balaban J connectivity index is 1.96. The van der Waals surface area contributed by atoms with Crippen LogP contribution in [-0.2, 0) is 4.79 Å². The van der Waals surface area contributed by atoms with Gasteiger partial charge in [0.05, 0.1) is 17.6 Å². The summed E-state index contributed by atoms with van der Waals surface area (Å²) < 4.78 is 0. The third-order valence-corrected chi connectivity index (χ3v) is 6.30. The molecule has 0 radical (unpaired) electrons. The van der Waals surface area contributed by atoms with Crippen molar-refractivity contribution < 1.29 is 15.0 Å². The molecule has 110 valence electrons. The van der Waals surface area contributed by atoms with E-state index in [-0.39, 0.29) is 23.5 Å². The number of hydrogen-bond acceptors (Lipinski definition) is 4. The van der Waals surface area contributed by atoms with Crippen LogP contribution in [0.4, 0.5) is 0 Å². The molecule has 2 N–H and O–H groups in total. The van der Waals surface area contributed by atoms with Gasteiger partial charge in [-0.1, -0.05) is 13.0 Å². The van der Waals surface area contributed by atoms with Crippen molar-refractivity contribution in [1.29, 1.82) is 0 Å². The van der Waals surface area contributed by atoms with Gasteiger partial charge < -0.3 is 15.1 Å². The van der Waals surface area contributed by atoms with Gasteiger partial charge in [-0.05, 0) is 19.3 Å². The number of carbonyl (C=O) groups is 1. The van der Waals surface area contributed by atoms with E-state index in [1.165, 1.54) is 5.70 Å². The maximum Gasteiger partial charge on any atom is 0.137 e. The van der Waals surface area contributed by atoms with Gasteiger partial charge in [0.15, 0.2) is 0 Å². The number of hydrogen-bond donors (Lipinski definition) is 2. The summed E-state index contributed by atoms with van der Waals surface area (Å²) in [6, 6.07) is 0. The van der Waals surface area contributed by atoms with Gasteiger partial charge in [0.1, 0.15) is 5.78 Å². The highest BCUT2D eigenvalue weighted by Gasteiger charge is 2.66. The second kappa shape index (κ2) is 4.08. The van der Waals surface area contributed by atoms with Crippen molar-refractivity contribution >= 4 is 5.78 Å². The first-order valence-electron chi connectivity index (χ1n) is 7.93. The molecule has 4 aliphatic rings. The van der Waals surface area contributed by atoms with E-state index < -0.39 is 17.6 Å². The van der Waals surface area contributed by atoms with Gasteiger partial charge >= 0.3 is 0 Å². The quantitative estimate of drug-likeness (QED) is 0.691. The lowest BCUT2D eigenvalue weighted by Crippen LogP contribution is -2.58. The van der Waals surface area contributed by atoms with Gasteiger partial charge in [0.2, 0.25) is 0 Å². The number of Topliss-reactive ketones (excluding diaryl/α,β-unsaturated/α-hetero) is 1. The molecule has 0 unspecified atom stereocenters. The molecule has 2 bridgehead atoms. The van der Waals surface area contributed by atoms with E-state index in [1.54, 1.807) is 0 Å². The molecule has 2 aliphatic heterocycles. The zero-order chi connectivity index (χ0) is 14.1. The predicted molar refractivity (Wildman–Crippen MR) is 73.7 cm³/mol. The minimum atomic E-state index is -0.500. The van der Waals surface area contributed by atoms with E-state index in [0.717, 1.165) is 32.4 Å². The van der Waals surface area contributed by atoms with Crippen LogP contribution < -0.4 is 0 Å². The Kier molecular flexibility index (Phi) is 2.62. The SMILES string of the molecule is C[C@H]1C=C2N3CCC[C@@H]4C(=O)C[C@H]([C@H]1O)[C@@]24[C@H](O)CC3. The van der Waals surface area contributed by atoms with Crippen LogP contribution in [0.25, 0.3) is 0 Å². The summed E-state index contributed by atoms with van der Waals surface area (Å²) in [6.45, 7) is 3.89. The number of aliphatic hydroxyl groups excluding tert-OH is 2. The number of nitrogens with zero attached hydrogens (tertiary/aromatic N) is 1. The maximum absolute atomic E-state index is 12.5. The van der Waals surface area contributed by atoms with Crippen LogP contribution >= 0.6 is 0 Å². The average molecular weight is 277 g/mol. The summed E-state index contributed by atoms with van der Waals surface area (Å²) in [5.74, 6) is 0.157. The van der Waals surface area contributed by atoms with Crippen molar-refractivity contribution in [2.45, 2.75) is 44.8 Å². The standard InChI is InChI=1S/C16H23NO3/c1-9-7-13-16-10(12(18)8-11(16)15(9)20)3-2-5-17(13)6-4-14(16)19/h7,9-11,14-15,19-20H,2-6,8H2,1H3/t9-,10+,11+,14+,15-,16+/m0/s1. The number of rotatable bonds is 0. The first-order chi connectivity index (χ1) is 9.56. The number of piperidine rings is 1. The fourth-order valence-corrected chi connectivity index (χ4v) is 5.47. The predicted octanol–water partition coefficient (Wildman–Crippen LogP) is 0.933. The highest BCUT2D eigenvalue weighted by molar-refractivity contribution is 5.86. The summed E-state index contributed by atoms with van der Waals surface area (Å²) >= 11 is 0. The highest BCUT2D eigenvalue weighted by atomic mass is 16.3. The molecule has 4 nitrogen and oxygen atoms in total. The van der Waals surface area contributed by atoms with Crippen molar-refractivity contribution in [2.24, 2.45) is 23.2 Å². The zero-order valence-corrected chi connectivity index (χ0v) is 12.0. The molecule has 4 heteroatoms. The number of ketones is 1. The molecule has 0 aromatic heterocycles. The summed E-state index contributed by atoms with van der Waals surface area (Å²) in [6.07, 6.45) is 4.20. The third kappa shape index (κ3) is 1.32. The zero-order valence-electron chi connectivity index (χ0n) is 12.0. The van der Waals surface area contributed by atoms with Crippen LogP contribution in [-0.4, -0.2) is 46.2 Å². The minimum Gasteiger partial charge on any atom is -0.392 e. The molecular formula is C16H23NO3. The molecule has 0 amide bonds. The van der Waals surface area contributed by atoms with Crippen LogP contribution in [0.1, 0.15) is 32.6 Å². The minimum absolute atomic E-state index is 0.0700. The van der Waals surface area contributed by atoms with Gasteiger partial charge in [0.25, 0.3) is 0 Å². The molecule has 0 aromatic carbocycles. The summed E-state index contributed by atoms with van der Waals surface area (Å²) in [4.78, 5) is 14.9. The second-order valence-electron chi connectivity index (χ2n) is 7.10. The maximum atomic E-state index is 12.5. The van der Waals surface area contributed by atoms with Crippen molar-refractivity contribution in [3.05, 3.63) is 11.8 Å². The lowest BCUT2D eigenvalue weighted by Gasteiger charge is -2.55. The Hall–Kier alpha value is -0.870. The average Bonchev–Trinajstić information content (AvgIpc) is 2.64. The van der Waals surface area contributed by atoms with Crippen LogP contribution in [0.3, 0.4) is 0 Å². The Labute approximate surface area is 119 Å². The van der Waals surface area contributed by atoms with Gasteiger partial charge in [-0.15, -0.1) is 0 Å². The Morgan fingerprint density at radius 3 is 2.90 bits per heavy atom. The summed E-state index contributed by atoms with van der Waals surface area (Å²) in [5.41, 5.74) is 0.685. The normalized spacial score (nSPS) is 50.5. The van der Waals surface area contributed by atoms with Crippen molar-refractivity contribution in [3.8, 4) is 0 Å². The van der Waals surface area contributed by atoms with Crippen molar-refractivity contribution in [2.75, 3.05) is 13.1 Å². The van der Waals surface area contributed by atoms with Gasteiger partial charge in [-0.3, -0.25) is 4.79 Å². The van der Waals surface area contributed by atoms with E-state index >= 15 is 0 Å². The van der Waals surface area contributed by atoms with E-state index in [2.05, 4.69) is 11.0 Å². The lowest BCUT2D eigenvalue weighted by atomic mass is 9.57. The van der Waals surface area contributed by atoms with E-state index in [1.807, 2.05) is 6.92 Å². The van der Waals surface area contributed by atoms with Crippen LogP contribution in [0, 0.1) is 23.2 Å². The fourth-order valence-electron chi connectivity index (χ4n) is 5.47. The summed E-state index contributed by atoms with van der Waals surface area (Å²) in [7, 11) is 0. The Morgan fingerprint density at radius 1 is 1.30 bits per heavy atom. The Bertz CT molecular complexity index is 488. The van der Waals surface area contributed by atoms with E-state index in [9.17, 15) is 15.0 Å². The van der Waals surface area contributed by atoms with Crippen LogP contribution in [0.15, 0.2) is 11.8 Å². The monoisotopic (exact) mass is 277 g/mol. The highest BCUT2D eigenvalue weighted by Crippen LogP contribution is 2.62. The molecule has 4 rings (SSSR count). The fraction of sp³-hybridized carbons (Fsp3) is 0.812. The largest absolute Gasteiger partial charge is 0.392 e. The molecule has 2 aliphatic carbocycles. The summed E-state index contributed by atoms with van der Waals surface area (Å²) in [5, 5.41) is 21.4. The molecule has 2 saturated heterocycles. The first kappa shape index (κ1) is 12.8. The number of aliphatic hydroxyl groups is 2. The first-order valence-corrected chi connectivity index (χ1v) is 7.93. The molecule has 3 fully saturated rings. The molecule has 1 spiro atoms. The topological polar surface area (TPSA) is 60.8 Å². The van der Waals surface area contributed by atoms with Gasteiger partial charge in [-0.2, -0.15) is 0 Å². The lowest BCUT2D eigenvalue weighted by molar-refractivity contribution is -0.126. The van der Waals surface area contributed by atoms with E-state index in [0.29, 0.717) is 6.42 Å². The molecule has 0 aromatic rings. The van der Waals surface area contributed by atoms with Crippen molar-refractivity contribution in [3.63, 3.8) is 0 Å². The van der Waals surface area contributed by atoms with Crippen LogP contribution in [0.2, 0.25) is 0 Å². The smallest absolute Gasteiger partial charge is 0.137 e. The third-order valence-electron chi connectivity index (χ3n) is 6.30. The molecule has 20 heavy (non-hydrogen) atoms. The van der Waals surface area contributed by atoms with Gasteiger partial charge in [0, 0.05) is 43.0 Å². The van der Waals surface area contributed by atoms with Crippen LogP contribution in [0.5, 0.6) is 0 Å². The molecule has 1 saturated carbocycles. The molecule has 2 heterocycles. The molecular weight excluding hydrogens is 254 g/mol. The second-order valence-corrected chi connectivity index (χ2v) is 7.10. The van der Waals surface area contributed by atoms with E-state index in [4.69, 9.17) is 0 Å². The molecule has 6 atom stereocenters. The van der Waals surface area contributed by atoms with Gasteiger partial charge in [-0.25, -0.2) is 0 Å².